The number of nitrogens with zero attached hydrogens (tertiary/aromatic N) is 1. The first kappa shape index (κ1) is 17.0. The van der Waals surface area contributed by atoms with Gasteiger partial charge < -0.3 is 14.5 Å². The topological polar surface area (TPSA) is 80.1 Å². The fourth-order valence-electron chi connectivity index (χ4n) is 2.39. The van der Waals surface area contributed by atoms with E-state index in [4.69, 9.17) is 9.15 Å². The van der Waals surface area contributed by atoms with Gasteiger partial charge in [0.2, 0.25) is 0 Å². The summed E-state index contributed by atoms with van der Waals surface area (Å²) in [5.41, 5.74) is 3.14. The average Bonchev–Trinajstić information content (AvgIpc) is 3.27. The molecule has 3 aromatic rings. The van der Waals surface area contributed by atoms with Gasteiger partial charge in [0.15, 0.2) is 11.5 Å². The van der Waals surface area contributed by atoms with Crippen LogP contribution in [0.1, 0.15) is 34.3 Å². The van der Waals surface area contributed by atoms with Gasteiger partial charge in [0.25, 0.3) is 5.91 Å². The molecule has 0 aliphatic carbocycles. The zero-order valence-electron chi connectivity index (χ0n) is 14.3. The number of amides is 1. The standard InChI is InChI=1S/C19H21N3O3/c1-3-24-12-15-7-5-14(6-8-15)11-20-19(23)17-10-16(21-22-17)18-9-4-13(2)25-18/h4-10H,3,11-12H2,1-2H3,(H,20,23)(H,21,22). The molecular weight excluding hydrogens is 318 g/mol. The Morgan fingerprint density at radius 3 is 2.64 bits per heavy atom. The second-order valence-corrected chi connectivity index (χ2v) is 5.71. The number of benzene rings is 1. The van der Waals surface area contributed by atoms with Crippen LogP contribution < -0.4 is 5.32 Å². The number of carbonyl (C=O) groups excluding carboxylic acids is 1. The van der Waals surface area contributed by atoms with Crippen molar-refractivity contribution in [2.75, 3.05) is 6.61 Å². The lowest BCUT2D eigenvalue weighted by Crippen LogP contribution is -2.23. The molecular formula is C19H21N3O3. The smallest absolute Gasteiger partial charge is 0.272 e. The Balaban J connectivity index is 1.56. The quantitative estimate of drug-likeness (QED) is 0.691. The molecule has 2 heterocycles. The van der Waals surface area contributed by atoms with Gasteiger partial charge in [0.05, 0.1) is 6.61 Å². The molecule has 0 aliphatic heterocycles. The SMILES string of the molecule is CCOCc1ccc(CNC(=O)c2cc(-c3ccc(C)o3)[nH]n2)cc1. The van der Waals surface area contributed by atoms with E-state index < -0.39 is 0 Å². The summed E-state index contributed by atoms with van der Waals surface area (Å²) >= 11 is 0. The van der Waals surface area contributed by atoms with Gasteiger partial charge in [-0.1, -0.05) is 24.3 Å². The minimum absolute atomic E-state index is 0.232. The number of nitrogens with one attached hydrogen (secondary N) is 2. The number of aryl methyl sites for hydroxylation is 1. The van der Waals surface area contributed by atoms with Crippen LogP contribution in [-0.2, 0) is 17.9 Å². The predicted octanol–water partition coefficient (Wildman–Crippen LogP) is 3.44. The molecule has 130 valence electrons. The highest BCUT2D eigenvalue weighted by molar-refractivity contribution is 5.93. The van der Waals surface area contributed by atoms with Gasteiger partial charge in [0.1, 0.15) is 11.5 Å². The molecule has 0 atom stereocenters. The summed E-state index contributed by atoms with van der Waals surface area (Å²) in [4.78, 5) is 12.2. The van der Waals surface area contributed by atoms with Gasteiger partial charge in [0, 0.05) is 19.2 Å². The van der Waals surface area contributed by atoms with Crippen LogP contribution in [-0.4, -0.2) is 22.7 Å². The van der Waals surface area contributed by atoms with Crippen LogP contribution in [0.3, 0.4) is 0 Å². The molecule has 6 heteroatoms. The van der Waals surface area contributed by atoms with Gasteiger partial charge >= 0.3 is 0 Å². The van der Waals surface area contributed by atoms with Gasteiger partial charge in [-0.2, -0.15) is 5.10 Å². The zero-order chi connectivity index (χ0) is 17.6. The van der Waals surface area contributed by atoms with E-state index in [-0.39, 0.29) is 5.91 Å². The monoisotopic (exact) mass is 339 g/mol. The van der Waals surface area contributed by atoms with Crippen LogP contribution >= 0.6 is 0 Å². The molecule has 0 aliphatic rings. The molecule has 0 spiro atoms. The van der Waals surface area contributed by atoms with Crippen molar-refractivity contribution in [2.24, 2.45) is 0 Å². The fourth-order valence-corrected chi connectivity index (χ4v) is 2.39. The van der Waals surface area contributed by atoms with E-state index in [0.29, 0.717) is 36.9 Å². The highest BCUT2D eigenvalue weighted by atomic mass is 16.5. The van der Waals surface area contributed by atoms with Gasteiger partial charge in [-0.25, -0.2) is 0 Å². The summed E-state index contributed by atoms with van der Waals surface area (Å²) < 4.78 is 10.9. The normalized spacial score (nSPS) is 10.8. The van der Waals surface area contributed by atoms with Crippen LogP contribution in [0.2, 0.25) is 0 Å². The van der Waals surface area contributed by atoms with E-state index in [1.54, 1.807) is 6.07 Å². The van der Waals surface area contributed by atoms with Gasteiger partial charge in [-0.3, -0.25) is 9.89 Å². The minimum atomic E-state index is -0.232. The molecule has 0 bridgehead atoms. The lowest BCUT2D eigenvalue weighted by atomic mass is 10.1. The van der Waals surface area contributed by atoms with Crippen molar-refractivity contribution >= 4 is 5.91 Å². The lowest BCUT2D eigenvalue weighted by Gasteiger charge is -2.05. The molecule has 0 saturated heterocycles. The number of ether oxygens (including phenoxy) is 1. The number of hydrogen-bond donors (Lipinski definition) is 2. The number of aromatic nitrogens is 2. The maximum atomic E-state index is 12.2. The van der Waals surface area contributed by atoms with Crippen molar-refractivity contribution in [1.29, 1.82) is 0 Å². The summed E-state index contributed by atoms with van der Waals surface area (Å²) in [6.45, 7) is 5.58. The molecule has 0 fully saturated rings. The van der Waals surface area contributed by atoms with Crippen molar-refractivity contribution in [3.8, 4) is 11.5 Å². The Kier molecular flexibility index (Phi) is 5.30. The van der Waals surface area contributed by atoms with E-state index in [9.17, 15) is 4.79 Å². The second kappa shape index (κ2) is 7.81. The Morgan fingerprint density at radius 1 is 1.20 bits per heavy atom. The zero-order valence-corrected chi connectivity index (χ0v) is 14.3. The number of rotatable bonds is 7. The summed E-state index contributed by atoms with van der Waals surface area (Å²) in [6, 6.07) is 13.4. The first-order valence-electron chi connectivity index (χ1n) is 8.21. The molecule has 6 nitrogen and oxygen atoms in total. The third-order valence-electron chi connectivity index (χ3n) is 3.77. The summed E-state index contributed by atoms with van der Waals surface area (Å²) in [5.74, 6) is 1.24. The molecule has 0 unspecified atom stereocenters. The van der Waals surface area contributed by atoms with E-state index in [2.05, 4.69) is 15.5 Å². The van der Waals surface area contributed by atoms with Crippen molar-refractivity contribution in [1.82, 2.24) is 15.5 Å². The summed E-state index contributed by atoms with van der Waals surface area (Å²) in [7, 11) is 0. The van der Waals surface area contributed by atoms with Gasteiger partial charge in [-0.05, 0) is 37.1 Å². The Morgan fingerprint density at radius 2 is 1.96 bits per heavy atom. The maximum Gasteiger partial charge on any atom is 0.272 e. The molecule has 0 radical (unpaired) electrons. The molecule has 0 saturated carbocycles. The van der Waals surface area contributed by atoms with Crippen molar-refractivity contribution in [2.45, 2.75) is 27.0 Å². The third-order valence-corrected chi connectivity index (χ3v) is 3.77. The van der Waals surface area contributed by atoms with Crippen LogP contribution in [0.15, 0.2) is 46.9 Å². The summed E-state index contributed by atoms with van der Waals surface area (Å²) in [6.07, 6.45) is 0. The highest BCUT2D eigenvalue weighted by Gasteiger charge is 2.13. The number of hydrogen-bond acceptors (Lipinski definition) is 4. The third kappa shape index (κ3) is 4.36. The van der Waals surface area contributed by atoms with Crippen LogP contribution in [0.5, 0.6) is 0 Å². The van der Waals surface area contributed by atoms with Crippen molar-refractivity contribution in [3.63, 3.8) is 0 Å². The first-order chi connectivity index (χ1) is 12.2. The number of aromatic amines is 1. The van der Waals surface area contributed by atoms with E-state index in [1.165, 1.54) is 0 Å². The Labute approximate surface area is 146 Å². The van der Waals surface area contributed by atoms with Crippen LogP contribution in [0.25, 0.3) is 11.5 Å². The molecule has 1 amide bonds. The Bertz CT molecular complexity index is 834. The lowest BCUT2D eigenvalue weighted by molar-refractivity contribution is 0.0946. The molecule has 2 N–H and O–H groups in total. The fraction of sp³-hybridized carbons (Fsp3) is 0.263. The number of H-pyrrole nitrogens is 1. The van der Waals surface area contributed by atoms with Crippen molar-refractivity contribution in [3.05, 3.63) is 65.0 Å². The largest absolute Gasteiger partial charge is 0.460 e. The number of carbonyl (C=O) groups is 1. The van der Waals surface area contributed by atoms with Gasteiger partial charge in [-0.15, -0.1) is 0 Å². The molecule has 25 heavy (non-hydrogen) atoms. The second-order valence-electron chi connectivity index (χ2n) is 5.71. The van der Waals surface area contributed by atoms with Crippen LogP contribution in [0, 0.1) is 6.92 Å². The van der Waals surface area contributed by atoms with Crippen molar-refractivity contribution < 1.29 is 13.9 Å². The van der Waals surface area contributed by atoms with E-state index in [1.807, 2.05) is 50.2 Å². The molecule has 3 rings (SSSR count). The number of furan rings is 1. The first-order valence-corrected chi connectivity index (χ1v) is 8.21. The minimum Gasteiger partial charge on any atom is -0.460 e. The molecule has 1 aromatic carbocycles. The summed E-state index contributed by atoms with van der Waals surface area (Å²) in [5, 5.41) is 9.74. The average molecular weight is 339 g/mol. The maximum absolute atomic E-state index is 12.2. The predicted molar refractivity (Wildman–Crippen MR) is 94.0 cm³/mol. The Hall–Kier alpha value is -2.86. The van der Waals surface area contributed by atoms with E-state index >= 15 is 0 Å². The van der Waals surface area contributed by atoms with E-state index in [0.717, 1.165) is 16.9 Å². The van der Waals surface area contributed by atoms with Crippen LogP contribution in [0.4, 0.5) is 0 Å². The molecule has 2 aromatic heterocycles. The highest BCUT2D eigenvalue weighted by Crippen LogP contribution is 2.20.